The lowest BCUT2D eigenvalue weighted by Gasteiger charge is -2.27. The molecule has 0 spiro atoms. The molecule has 0 amide bonds. The van der Waals surface area contributed by atoms with Crippen LogP contribution in [-0.2, 0) is 11.8 Å². The van der Waals surface area contributed by atoms with Gasteiger partial charge in [0.2, 0.25) is 5.95 Å². The molecule has 0 atom stereocenters. The molecule has 3 heterocycles. The highest BCUT2D eigenvalue weighted by Crippen LogP contribution is 2.28. The molecule has 1 N–H and O–H groups in total. The van der Waals surface area contributed by atoms with E-state index in [-0.39, 0.29) is 0 Å². The van der Waals surface area contributed by atoms with Crippen LogP contribution in [0.5, 0.6) is 0 Å². The van der Waals surface area contributed by atoms with Crippen molar-refractivity contribution < 1.29 is 4.74 Å². The second kappa shape index (κ2) is 6.33. The van der Waals surface area contributed by atoms with Crippen molar-refractivity contribution in [3.8, 4) is 0 Å². The van der Waals surface area contributed by atoms with Crippen molar-refractivity contribution in [3.05, 3.63) is 35.5 Å². The highest BCUT2D eigenvalue weighted by molar-refractivity contribution is 5.89. The van der Waals surface area contributed by atoms with Gasteiger partial charge < -0.3 is 15.0 Å². The molecular weight excluding hydrogens is 316 g/mol. The third kappa shape index (κ3) is 3.02. The number of aromatic nitrogens is 4. The Morgan fingerprint density at radius 2 is 1.92 bits per heavy atom. The number of fused-ring (bicyclic) bond motifs is 1. The standard InChI is InChI=1S/C18H22N6O/c1-12-4-5-13(2)15(10-12)20-16-14-11-19-23(3)17(14)22-18(21-16)24-6-8-25-9-7-24/h4-5,10-11H,6-9H2,1-3H3,(H,20,21,22). The van der Waals surface area contributed by atoms with Crippen LogP contribution in [-0.4, -0.2) is 46.1 Å². The molecule has 0 unspecified atom stereocenters. The smallest absolute Gasteiger partial charge is 0.229 e. The predicted octanol–water partition coefficient (Wildman–Crippen LogP) is 2.56. The Morgan fingerprint density at radius 3 is 2.72 bits per heavy atom. The minimum Gasteiger partial charge on any atom is -0.378 e. The van der Waals surface area contributed by atoms with Gasteiger partial charge in [0, 0.05) is 25.8 Å². The van der Waals surface area contributed by atoms with Gasteiger partial charge in [-0.05, 0) is 31.0 Å². The molecule has 1 aliphatic rings. The van der Waals surface area contributed by atoms with Crippen LogP contribution in [0.2, 0.25) is 0 Å². The van der Waals surface area contributed by atoms with Crippen LogP contribution < -0.4 is 10.2 Å². The van der Waals surface area contributed by atoms with Crippen LogP contribution in [0.3, 0.4) is 0 Å². The summed E-state index contributed by atoms with van der Waals surface area (Å²) in [6.45, 7) is 7.17. The van der Waals surface area contributed by atoms with Crippen molar-refractivity contribution in [2.75, 3.05) is 36.5 Å². The Labute approximate surface area is 146 Å². The summed E-state index contributed by atoms with van der Waals surface area (Å²) >= 11 is 0. The Bertz CT molecular complexity index is 913. The molecule has 130 valence electrons. The third-order valence-corrected chi connectivity index (χ3v) is 4.52. The van der Waals surface area contributed by atoms with Crippen molar-refractivity contribution in [3.63, 3.8) is 0 Å². The van der Waals surface area contributed by atoms with Gasteiger partial charge in [-0.25, -0.2) is 0 Å². The molecule has 25 heavy (non-hydrogen) atoms. The lowest BCUT2D eigenvalue weighted by Crippen LogP contribution is -2.37. The molecule has 0 aliphatic carbocycles. The van der Waals surface area contributed by atoms with E-state index < -0.39 is 0 Å². The largest absolute Gasteiger partial charge is 0.378 e. The van der Waals surface area contributed by atoms with Crippen LogP contribution in [0.15, 0.2) is 24.4 Å². The van der Waals surface area contributed by atoms with Crippen LogP contribution in [0, 0.1) is 13.8 Å². The van der Waals surface area contributed by atoms with E-state index in [1.54, 1.807) is 4.68 Å². The van der Waals surface area contributed by atoms with Gasteiger partial charge in [-0.2, -0.15) is 15.1 Å². The normalized spacial score (nSPS) is 14.9. The maximum absolute atomic E-state index is 5.44. The molecule has 1 aromatic carbocycles. The summed E-state index contributed by atoms with van der Waals surface area (Å²) in [5.74, 6) is 1.50. The Kier molecular flexibility index (Phi) is 4.01. The summed E-state index contributed by atoms with van der Waals surface area (Å²) in [5.41, 5.74) is 4.26. The Balaban J connectivity index is 1.79. The van der Waals surface area contributed by atoms with E-state index in [1.807, 2.05) is 13.2 Å². The molecular formula is C18H22N6O. The number of ether oxygens (including phenoxy) is 1. The Hall–Kier alpha value is -2.67. The first-order chi connectivity index (χ1) is 12.1. The summed E-state index contributed by atoms with van der Waals surface area (Å²) in [6.07, 6.45) is 1.81. The fraction of sp³-hybridized carbons (Fsp3) is 0.389. The van der Waals surface area contributed by atoms with E-state index in [9.17, 15) is 0 Å². The van der Waals surface area contributed by atoms with Gasteiger partial charge in [0.1, 0.15) is 5.82 Å². The first-order valence-corrected chi connectivity index (χ1v) is 8.48. The average molecular weight is 338 g/mol. The summed E-state index contributed by atoms with van der Waals surface area (Å²) in [7, 11) is 1.90. The van der Waals surface area contributed by atoms with E-state index in [0.717, 1.165) is 35.6 Å². The number of nitrogens with zero attached hydrogens (tertiary/aromatic N) is 5. The summed E-state index contributed by atoms with van der Waals surface area (Å²) < 4.78 is 7.23. The van der Waals surface area contributed by atoms with Crippen molar-refractivity contribution in [1.29, 1.82) is 0 Å². The number of rotatable bonds is 3. The van der Waals surface area contributed by atoms with Gasteiger partial charge in [0.15, 0.2) is 5.65 Å². The lowest BCUT2D eigenvalue weighted by molar-refractivity contribution is 0.122. The highest BCUT2D eigenvalue weighted by Gasteiger charge is 2.18. The molecule has 3 aromatic rings. The maximum Gasteiger partial charge on any atom is 0.229 e. The highest BCUT2D eigenvalue weighted by atomic mass is 16.5. The van der Waals surface area contributed by atoms with Gasteiger partial charge in [-0.15, -0.1) is 0 Å². The first kappa shape index (κ1) is 15.8. The van der Waals surface area contributed by atoms with Crippen molar-refractivity contribution >= 4 is 28.5 Å². The van der Waals surface area contributed by atoms with Crippen LogP contribution in [0.4, 0.5) is 17.5 Å². The van der Waals surface area contributed by atoms with E-state index in [1.165, 1.54) is 11.1 Å². The van der Waals surface area contributed by atoms with E-state index in [2.05, 4.69) is 47.4 Å². The van der Waals surface area contributed by atoms with Crippen molar-refractivity contribution in [2.45, 2.75) is 13.8 Å². The van der Waals surface area contributed by atoms with E-state index in [4.69, 9.17) is 14.7 Å². The predicted molar refractivity (Wildman–Crippen MR) is 98.5 cm³/mol. The van der Waals surface area contributed by atoms with Gasteiger partial charge in [0.05, 0.1) is 24.8 Å². The number of morpholine rings is 1. The van der Waals surface area contributed by atoms with Gasteiger partial charge in [0.25, 0.3) is 0 Å². The minimum absolute atomic E-state index is 0.701. The quantitative estimate of drug-likeness (QED) is 0.792. The topological polar surface area (TPSA) is 68.1 Å². The fourth-order valence-corrected chi connectivity index (χ4v) is 3.01. The summed E-state index contributed by atoms with van der Waals surface area (Å²) in [4.78, 5) is 11.7. The molecule has 0 radical (unpaired) electrons. The second-order valence-corrected chi connectivity index (χ2v) is 6.42. The van der Waals surface area contributed by atoms with E-state index >= 15 is 0 Å². The van der Waals surface area contributed by atoms with Crippen molar-refractivity contribution in [2.24, 2.45) is 7.05 Å². The molecule has 0 bridgehead atoms. The molecule has 7 heteroatoms. The number of hydrogen-bond donors (Lipinski definition) is 1. The Morgan fingerprint density at radius 1 is 1.12 bits per heavy atom. The summed E-state index contributed by atoms with van der Waals surface area (Å²) in [6, 6.07) is 6.36. The zero-order valence-electron chi connectivity index (χ0n) is 14.8. The average Bonchev–Trinajstić information content (AvgIpc) is 3.00. The number of aryl methyl sites for hydroxylation is 3. The molecule has 4 rings (SSSR count). The molecule has 1 fully saturated rings. The van der Waals surface area contributed by atoms with Gasteiger partial charge >= 0.3 is 0 Å². The molecule has 2 aromatic heterocycles. The second-order valence-electron chi connectivity index (χ2n) is 6.42. The molecule has 1 saturated heterocycles. The third-order valence-electron chi connectivity index (χ3n) is 4.52. The van der Waals surface area contributed by atoms with Crippen LogP contribution >= 0.6 is 0 Å². The lowest BCUT2D eigenvalue weighted by atomic mass is 10.1. The number of anilines is 3. The zero-order valence-corrected chi connectivity index (χ0v) is 14.8. The molecule has 7 nitrogen and oxygen atoms in total. The number of nitrogens with one attached hydrogen (secondary N) is 1. The molecule has 0 saturated carbocycles. The van der Waals surface area contributed by atoms with Gasteiger partial charge in [-0.1, -0.05) is 12.1 Å². The SMILES string of the molecule is Cc1ccc(C)c(Nc2nc(N3CCOCC3)nc3c2cnn3C)c1. The maximum atomic E-state index is 5.44. The van der Waals surface area contributed by atoms with E-state index in [0.29, 0.717) is 19.2 Å². The summed E-state index contributed by atoms with van der Waals surface area (Å²) in [5, 5.41) is 8.76. The van der Waals surface area contributed by atoms with Crippen LogP contribution in [0.1, 0.15) is 11.1 Å². The fourth-order valence-electron chi connectivity index (χ4n) is 3.01. The zero-order chi connectivity index (χ0) is 17.4. The first-order valence-electron chi connectivity index (χ1n) is 8.48. The van der Waals surface area contributed by atoms with Gasteiger partial charge in [-0.3, -0.25) is 4.68 Å². The molecule has 1 aliphatic heterocycles. The minimum atomic E-state index is 0.701. The van der Waals surface area contributed by atoms with Crippen molar-refractivity contribution in [1.82, 2.24) is 19.7 Å². The van der Waals surface area contributed by atoms with Crippen LogP contribution in [0.25, 0.3) is 11.0 Å². The monoisotopic (exact) mass is 338 g/mol. The number of benzene rings is 1. The number of hydrogen-bond acceptors (Lipinski definition) is 6.